The second-order valence-electron chi connectivity index (χ2n) is 1.86. The van der Waals surface area contributed by atoms with Crippen LogP contribution in [0.2, 0.25) is 0 Å². The largest absolute Gasteiger partial charge is 0.233 e. The van der Waals surface area contributed by atoms with Gasteiger partial charge in [-0.15, -0.1) is 22.9 Å². The Bertz CT molecular complexity index is 209. The summed E-state index contributed by atoms with van der Waals surface area (Å²) in [6.45, 7) is 1.93. The number of hydrogen-bond acceptors (Lipinski definition) is 3. The molecule has 1 rings (SSSR count). The molecule has 0 fully saturated rings. The Labute approximate surface area is 73.8 Å². The van der Waals surface area contributed by atoms with Gasteiger partial charge in [-0.2, -0.15) is 0 Å². The maximum Gasteiger partial charge on any atom is 0.149 e. The fraction of sp³-hybridized carbons (Fsp3) is 0.500. The van der Waals surface area contributed by atoms with Crippen molar-refractivity contribution in [1.29, 1.82) is 0 Å². The second kappa shape index (κ2) is 3.60. The fourth-order valence-corrected chi connectivity index (χ4v) is 2.09. The number of alkyl halides is 1. The van der Waals surface area contributed by atoms with E-state index in [4.69, 9.17) is 11.6 Å². The van der Waals surface area contributed by atoms with Crippen molar-refractivity contribution in [1.82, 2.24) is 4.98 Å². The summed E-state index contributed by atoms with van der Waals surface area (Å²) < 4.78 is 1.09. The average molecular weight is 194 g/mol. The lowest BCUT2D eigenvalue weighted by Gasteiger charge is -1.93. The highest BCUT2D eigenvalue weighted by Crippen LogP contribution is 2.25. The van der Waals surface area contributed by atoms with Crippen LogP contribution in [0, 0.1) is 0 Å². The minimum absolute atomic E-state index is 0.0390. The van der Waals surface area contributed by atoms with Crippen molar-refractivity contribution in [2.45, 2.75) is 16.6 Å². The van der Waals surface area contributed by atoms with Gasteiger partial charge in [0.25, 0.3) is 0 Å². The molecule has 1 nitrogen and oxygen atoms in total. The van der Waals surface area contributed by atoms with E-state index in [1.165, 1.54) is 0 Å². The van der Waals surface area contributed by atoms with Crippen LogP contribution >= 0.6 is 34.7 Å². The number of aromatic nitrogens is 1. The Kier molecular flexibility index (Phi) is 3.01. The van der Waals surface area contributed by atoms with Gasteiger partial charge in [-0.3, -0.25) is 0 Å². The van der Waals surface area contributed by atoms with Crippen molar-refractivity contribution in [2.75, 3.05) is 6.26 Å². The third-order valence-corrected chi connectivity index (χ3v) is 3.19. The van der Waals surface area contributed by atoms with Crippen LogP contribution in [0.15, 0.2) is 9.72 Å². The van der Waals surface area contributed by atoms with E-state index in [9.17, 15) is 0 Å². The second-order valence-corrected chi connectivity index (χ2v) is 4.42. The Morgan fingerprint density at radius 1 is 1.80 bits per heavy atom. The first-order valence-electron chi connectivity index (χ1n) is 2.87. The van der Waals surface area contributed by atoms with Crippen molar-refractivity contribution in [3.8, 4) is 0 Å². The quantitative estimate of drug-likeness (QED) is 0.529. The maximum atomic E-state index is 5.81. The van der Waals surface area contributed by atoms with Crippen LogP contribution < -0.4 is 0 Å². The van der Waals surface area contributed by atoms with Crippen LogP contribution in [0.4, 0.5) is 0 Å². The highest BCUT2D eigenvalue weighted by molar-refractivity contribution is 8.00. The van der Waals surface area contributed by atoms with Gasteiger partial charge in [-0.05, 0) is 13.2 Å². The van der Waals surface area contributed by atoms with E-state index in [0.717, 1.165) is 10.0 Å². The van der Waals surface area contributed by atoms with Gasteiger partial charge in [0.05, 0.1) is 11.1 Å². The molecule has 1 unspecified atom stereocenters. The van der Waals surface area contributed by atoms with Crippen molar-refractivity contribution < 1.29 is 0 Å². The molecule has 0 aromatic carbocycles. The smallest absolute Gasteiger partial charge is 0.149 e. The van der Waals surface area contributed by atoms with Gasteiger partial charge in [0, 0.05) is 5.38 Å². The van der Waals surface area contributed by atoms with Crippen LogP contribution in [0.5, 0.6) is 0 Å². The van der Waals surface area contributed by atoms with Crippen molar-refractivity contribution in [3.05, 3.63) is 11.1 Å². The summed E-state index contributed by atoms with van der Waals surface area (Å²) in [5.41, 5.74) is 0.982. The van der Waals surface area contributed by atoms with Gasteiger partial charge < -0.3 is 0 Å². The Morgan fingerprint density at radius 3 is 2.80 bits per heavy atom. The lowest BCUT2D eigenvalue weighted by molar-refractivity contribution is 0.989. The summed E-state index contributed by atoms with van der Waals surface area (Å²) in [5.74, 6) is 0. The Hall–Kier alpha value is 0.270. The normalized spacial score (nSPS) is 13.5. The molecule has 0 amide bonds. The van der Waals surface area contributed by atoms with Crippen LogP contribution in [0.1, 0.15) is 18.0 Å². The molecule has 0 saturated carbocycles. The molecule has 0 aliphatic rings. The van der Waals surface area contributed by atoms with Crippen molar-refractivity contribution >= 4 is 34.7 Å². The standard InChI is InChI=1S/C6H8ClNS2/c1-4(7)5-3-10-6(8-5)9-2/h3-4H,1-2H3. The maximum absolute atomic E-state index is 5.81. The minimum atomic E-state index is 0.0390. The fourth-order valence-electron chi connectivity index (χ4n) is 0.545. The molecule has 0 spiro atoms. The Morgan fingerprint density at radius 2 is 2.50 bits per heavy atom. The van der Waals surface area contributed by atoms with Crippen LogP contribution in [0.25, 0.3) is 0 Å². The number of thioether (sulfide) groups is 1. The molecule has 1 heterocycles. The van der Waals surface area contributed by atoms with Gasteiger partial charge in [-0.1, -0.05) is 11.8 Å². The number of thiazole rings is 1. The number of rotatable bonds is 2. The third-order valence-electron chi connectivity index (χ3n) is 1.08. The monoisotopic (exact) mass is 193 g/mol. The molecule has 4 heteroatoms. The molecule has 0 N–H and O–H groups in total. The molecular weight excluding hydrogens is 186 g/mol. The number of nitrogens with zero attached hydrogens (tertiary/aromatic N) is 1. The van der Waals surface area contributed by atoms with E-state index >= 15 is 0 Å². The first kappa shape index (κ1) is 8.37. The predicted molar refractivity (Wildman–Crippen MR) is 48.2 cm³/mol. The van der Waals surface area contributed by atoms with Gasteiger partial charge in [0.15, 0.2) is 0 Å². The van der Waals surface area contributed by atoms with Crippen LogP contribution in [0.3, 0.4) is 0 Å². The molecule has 10 heavy (non-hydrogen) atoms. The van der Waals surface area contributed by atoms with E-state index in [-0.39, 0.29) is 5.38 Å². The lowest BCUT2D eigenvalue weighted by atomic mass is 10.4. The molecule has 0 aliphatic carbocycles. The highest BCUT2D eigenvalue weighted by atomic mass is 35.5. The molecule has 1 aromatic rings. The van der Waals surface area contributed by atoms with Gasteiger partial charge in [0.1, 0.15) is 4.34 Å². The number of hydrogen-bond donors (Lipinski definition) is 0. The first-order chi connectivity index (χ1) is 4.74. The summed E-state index contributed by atoms with van der Waals surface area (Å²) in [6.07, 6.45) is 2.02. The molecule has 0 bridgehead atoms. The lowest BCUT2D eigenvalue weighted by Crippen LogP contribution is -1.82. The topological polar surface area (TPSA) is 12.9 Å². The summed E-state index contributed by atoms with van der Waals surface area (Å²) in [6, 6.07) is 0. The van der Waals surface area contributed by atoms with Gasteiger partial charge in [0.2, 0.25) is 0 Å². The third kappa shape index (κ3) is 1.87. The van der Waals surface area contributed by atoms with E-state index in [2.05, 4.69) is 4.98 Å². The summed E-state index contributed by atoms with van der Waals surface area (Å²) in [4.78, 5) is 4.28. The van der Waals surface area contributed by atoms with Crippen molar-refractivity contribution in [3.63, 3.8) is 0 Å². The minimum Gasteiger partial charge on any atom is -0.233 e. The van der Waals surface area contributed by atoms with Crippen molar-refractivity contribution in [2.24, 2.45) is 0 Å². The van der Waals surface area contributed by atoms with E-state index in [1.54, 1.807) is 23.1 Å². The summed E-state index contributed by atoms with van der Waals surface area (Å²) >= 11 is 9.11. The SMILES string of the molecule is CSc1nc(C(C)Cl)cs1. The van der Waals surface area contributed by atoms with Crippen LogP contribution in [-0.4, -0.2) is 11.2 Å². The first-order valence-corrected chi connectivity index (χ1v) is 5.41. The zero-order chi connectivity index (χ0) is 7.56. The molecule has 56 valence electrons. The van der Waals surface area contributed by atoms with Gasteiger partial charge >= 0.3 is 0 Å². The van der Waals surface area contributed by atoms with Gasteiger partial charge in [-0.25, -0.2) is 4.98 Å². The zero-order valence-electron chi connectivity index (χ0n) is 5.80. The number of halogens is 1. The Balaban J connectivity index is 2.78. The molecule has 0 radical (unpaired) electrons. The molecule has 1 atom stereocenters. The zero-order valence-corrected chi connectivity index (χ0v) is 8.19. The predicted octanol–water partition coefficient (Wildman–Crippen LogP) is 3.16. The average Bonchev–Trinajstić information content (AvgIpc) is 2.34. The van der Waals surface area contributed by atoms with E-state index in [1.807, 2.05) is 18.6 Å². The van der Waals surface area contributed by atoms with Crippen LogP contribution in [-0.2, 0) is 0 Å². The molecule has 0 aliphatic heterocycles. The molecule has 1 aromatic heterocycles. The highest BCUT2D eigenvalue weighted by Gasteiger charge is 2.05. The molecular formula is C6H8ClNS2. The van der Waals surface area contributed by atoms with E-state index < -0.39 is 0 Å². The summed E-state index contributed by atoms with van der Waals surface area (Å²) in [5, 5.41) is 2.04. The molecule has 0 saturated heterocycles. The van der Waals surface area contributed by atoms with E-state index in [0.29, 0.717) is 0 Å². The summed E-state index contributed by atoms with van der Waals surface area (Å²) in [7, 11) is 0.